The van der Waals surface area contributed by atoms with Crippen molar-refractivity contribution in [3.05, 3.63) is 64.1 Å². The highest BCUT2D eigenvalue weighted by molar-refractivity contribution is 5.92. The molecule has 2 aliphatic rings. The molecule has 4 rings (SSSR count). The number of anilines is 1. The molecule has 1 saturated heterocycles. The largest absolute Gasteiger partial charge is 0.481 e. The monoisotopic (exact) mass is 423 g/mol. The number of aliphatic carboxylic acids is 1. The normalized spacial score (nSPS) is 19.4. The molecule has 2 aromatic rings. The lowest BCUT2D eigenvalue weighted by Gasteiger charge is -2.43. The first-order chi connectivity index (χ1) is 14.9. The molecule has 0 saturated carbocycles. The molecule has 1 aromatic carbocycles. The number of fused-ring (bicyclic) bond motifs is 4. The highest BCUT2D eigenvalue weighted by Gasteiger charge is 2.36. The Kier molecular flexibility index (Phi) is 5.88. The van der Waals surface area contributed by atoms with E-state index in [-0.39, 0.29) is 54.2 Å². The predicted molar refractivity (Wildman–Crippen MR) is 114 cm³/mol. The van der Waals surface area contributed by atoms with Gasteiger partial charge in [0.2, 0.25) is 11.8 Å². The Morgan fingerprint density at radius 2 is 1.77 bits per heavy atom. The smallest absolute Gasteiger partial charge is 0.303 e. The second-order valence-corrected chi connectivity index (χ2v) is 8.29. The van der Waals surface area contributed by atoms with Gasteiger partial charge in [-0.25, -0.2) is 0 Å². The number of benzene rings is 1. The quantitative estimate of drug-likeness (QED) is 0.737. The topological polar surface area (TPSA) is 109 Å². The number of nitrogens with zero attached hydrogens (tertiary/aromatic N) is 2. The Morgan fingerprint density at radius 3 is 2.52 bits per heavy atom. The summed E-state index contributed by atoms with van der Waals surface area (Å²) in [5.74, 6) is -1.21. The van der Waals surface area contributed by atoms with Gasteiger partial charge in [-0.05, 0) is 30.0 Å². The molecular formula is C23H25N3O5. The lowest BCUT2D eigenvalue weighted by molar-refractivity contribution is -0.141. The molecular weight excluding hydrogens is 398 g/mol. The van der Waals surface area contributed by atoms with Crippen LogP contribution >= 0.6 is 0 Å². The van der Waals surface area contributed by atoms with Crippen molar-refractivity contribution < 1.29 is 19.5 Å². The second kappa shape index (κ2) is 8.75. The number of piperidine rings is 1. The molecule has 0 spiro atoms. The number of nitrogens with one attached hydrogen (secondary N) is 1. The molecule has 2 aliphatic heterocycles. The van der Waals surface area contributed by atoms with Crippen molar-refractivity contribution in [1.82, 2.24) is 9.47 Å². The number of likely N-dealkylation sites (tertiary alicyclic amines) is 1. The summed E-state index contributed by atoms with van der Waals surface area (Å²) in [6, 6.07) is 12.8. The molecule has 2 amide bonds. The minimum Gasteiger partial charge on any atom is -0.481 e. The summed E-state index contributed by atoms with van der Waals surface area (Å²) in [5, 5.41) is 11.6. The second-order valence-electron chi connectivity index (χ2n) is 8.29. The molecule has 162 valence electrons. The van der Waals surface area contributed by atoms with Crippen molar-refractivity contribution >= 4 is 23.5 Å². The molecule has 31 heavy (non-hydrogen) atoms. The van der Waals surface area contributed by atoms with Gasteiger partial charge in [0.25, 0.3) is 5.56 Å². The van der Waals surface area contributed by atoms with Crippen molar-refractivity contribution in [3.8, 4) is 0 Å². The zero-order chi connectivity index (χ0) is 22.0. The molecule has 8 nitrogen and oxygen atoms in total. The van der Waals surface area contributed by atoms with Gasteiger partial charge in [0.05, 0.1) is 12.8 Å². The van der Waals surface area contributed by atoms with Gasteiger partial charge in [0.1, 0.15) is 5.69 Å². The Hall–Kier alpha value is -3.42. The number of carboxylic acid groups (broad SMARTS) is 1. The number of amides is 2. The number of rotatable bonds is 6. The predicted octanol–water partition coefficient (Wildman–Crippen LogP) is 1.84. The van der Waals surface area contributed by atoms with Crippen LogP contribution in [0.4, 0.5) is 5.69 Å². The number of hydrogen-bond acceptors (Lipinski definition) is 4. The van der Waals surface area contributed by atoms with Gasteiger partial charge >= 0.3 is 5.97 Å². The van der Waals surface area contributed by atoms with E-state index >= 15 is 0 Å². The first kappa shape index (κ1) is 20.8. The number of pyridine rings is 1. The average Bonchev–Trinajstić information content (AvgIpc) is 2.75. The minimum absolute atomic E-state index is 0.00599. The zero-order valence-corrected chi connectivity index (χ0v) is 17.1. The molecule has 1 fully saturated rings. The van der Waals surface area contributed by atoms with E-state index in [1.807, 2.05) is 36.4 Å². The standard InChI is InChI=1S/C23H25N3O5/c27-20(11-15-4-2-1-3-5-15)24-18-6-7-19-17-10-16(13-26(19)23(18)31)12-25(14-17)21(28)8-9-22(29)30/h1-7,16-17H,8-14H2,(H,24,27)(H,29,30)/t16-,17-/m1/s1. The van der Waals surface area contributed by atoms with E-state index in [1.54, 1.807) is 15.5 Å². The van der Waals surface area contributed by atoms with Gasteiger partial charge in [0.15, 0.2) is 0 Å². The molecule has 0 aliphatic carbocycles. The van der Waals surface area contributed by atoms with Gasteiger partial charge in [-0.3, -0.25) is 19.2 Å². The van der Waals surface area contributed by atoms with E-state index in [4.69, 9.17) is 5.11 Å². The number of carbonyl (C=O) groups excluding carboxylic acids is 2. The van der Waals surface area contributed by atoms with Crippen LogP contribution in [0.1, 0.15) is 36.4 Å². The van der Waals surface area contributed by atoms with E-state index in [0.717, 1.165) is 17.7 Å². The van der Waals surface area contributed by atoms with Gasteiger partial charge < -0.3 is 19.9 Å². The van der Waals surface area contributed by atoms with E-state index in [9.17, 15) is 19.2 Å². The molecule has 3 heterocycles. The van der Waals surface area contributed by atoms with Crippen molar-refractivity contribution in [1.29, 1.82) is 0 Å². The van der Waals surface area contributed by atoms with Crippen LogP contribution in [0.3, 0.4) is 0 Å². The van der Waals surface area contributed by atoms with E-state index in [2.05, 4.69) is 5.32 Å². The maximum atomic E-state index is 13.0. The van der Waals surface area contributed by atoms with Crippen LogP contribution in [0.5, 0.6) is 0 Å². The maximum absolute atomic E-state index is 13.0. The van der Waals surface area contributed by atoms with Crippen molar-refractivity contribution in [3.63, 3.8) is 0 Å². The van der Waals surface area contributed by atoms with Gasteiger partial charge in [0, 0.05) is 37.7 Å². The minimum atomic E-state index is -0.982. The Bertz CT molecular complexity index is 1060. The molecule has 0 unspecified atom stereocenters. The van der Waals surface area contributed by atoms with E-state index in [1.165, 1.54) is 0 Å². The van der Waals surface area contributed by atoms with E-state index in [0.29, 0.717) is 19.6 Å². The summed E-state index contributed by atoms with van der Waals surface area (Å²) >= 11 is 0. The fraction of sp³-hybridized carbons (Fsp3) is 0.391. The Balaban J connectivity index is 1.47. The summed E-state index contributed by atoms with van der Waals surface area (Å²) < 4.78 is 1.72. The summed E-state index contributed by atoms with van der Waals surface area (Å²) in [6.45, 7) is 1.48. The third-order valence-electron chi connectivity index (χ3n) is 5.99. The number of carbonyl (C=O) groups is 3. The van der Waals surface area contributed by atoms with Gasteiger partial charge in [-0.15, -0.1) is 0 Å². The van der Waals surface area contributed by atoms with Crippen LogP contribution in [0, 0.1) is 5.92 Å². The van der Waals surface area contributed by atoms with Crippen LogP contribution < -0.4 is 10.9 Å². The van der Waals surface area contributed by atoms with Crippen LogP contribution in [-0.2, 0) is 27.3 Å². The Labute approximate surface area is 179 Å². The molecule has 2 bridgehead atoms. The third-order valence-corrected chi connectivity index (χ3v) is 5.99. The number of carboxylic acids is 1. The summed E-state index contributed by atoms with van der Waals surface area (Å²) in [6.07, 6.45) is 0.906. The first-order valence-electron chi connectivity index (χ1n) is 10.5. The average molecular weight is 423 g/mol. The summed E-state index contributed by atoms with van der Waals surface area (Å²) in [7, 11) is 0. The lowest BCUT2D eigenvalue weighted by atomic mass is 9.83. The van der Waals surface area contributed by atoms with Crippen molar-refractivity contribution in [2.24, 2.45) is 5.92 Å². The van der Waals surface area contributed by atoms with Crippen molar-refractivity contribution in [2.45, 2.75) is 38.1 Å². The molecule has 1 aromatic heterocycles. The molecule has 2 atom stereocenters. The van der Waals surface area contributed by atoms with Crippen LogP contribution in [0.2, 0.25) is 0 Å². The Morgan fingerprint density at radius 1 is 1.00 bits per heavy atom. The highest BCUT2D eigenvalue weighted by atomic mass is 16.4. The summed E-state index contributed by atoms with van der Waals surface area (Å²) in [4.78, 5) is 50.3. The number of aromatic nitrogens is 1. The zero-order valence-electron chi connectivity index (χ0n) is 17.1. The number of hydrogen-bond donors (Lipinski definition) is 2. The maximum Gasteiger partial charge on any atom is 0.303 e. The molecule has 8 heteroatoms. The first-order valence-corrected chi connectivity index (χ1v) is 10.5. The summed E-state index contributed by atoms with van der Waals surface area (Å²) in [5.41, 5.74) is 1.77. The lowest BCUT2D eigenvalue weighted by Crippen LogP contribution is -2.49. The van der Waals surface area contributed by atoms with Crippen LogP contribution in [0.15, 0.2) is 47.3 Å². The van der Waals surface area contributed by atoms with Gasteiger partial charge in [-0.1, -0.05) is 30.3 Å². The molecule has 2 N–H and O–H groups in total. The highest BCUT2D eigenvalue weighted by Crippen LogP contribution is 2.35. The van der Waals surface area contributed by atoms with Crippen molar-refractivity contribution in [2.75, 3.05) is 18.4 Å². The third kappa shape index (κ3) is 4.68. The van der Waals surface area contributed by atoms with Crippen LogP contribution in [0.25, 0.3) is 0 Å². The molecule has 0 radical (unpaired) electrons. The van der Waals surface area contributed by atoms with Crippen LogP contribution in [-0.4, -0.2) is 45.4 Å². The SMILES string of the molecule is O=C(O)CCC(=O)N1C[C@H]2C[C@H](C1)c1ccc(NC(=O)Cc3ccccc3)c(=O)n1C2. The fourth-order valence-electron chi connectivity index (χ4n) is 4.59. The van der Waals surface area contributed by atoms with E-state index < -0.39 is 5.97 Å². The fourth-order valence-corrected chi connectivity index (χ4v) is 4.59. The van der Waals surface area contributed by atoms with Gasteiger partial charge in [-0.2, -0.15) is 0 Å².